The summed E-state index contributed by atoms with van der Waals surface area (Å²) in [5.74, 6) is -2.60. The van der Waals surface area contributed by atoms with Crippen molar-refractivity contribution in [2.75, 3.05) is 0 Å². The molecule has 0 atom stereocenters. The number of aromatic hydroxyl groups is 1. The lowest BCUT2D eigenvalue weighted by molar-refractivity contribution is 0.392. The van der Waals surface area contributed by atoms with E-state index in [-0.39, 0.29) is 5.92 Å². The normalized spacial score (nSPS) is 10.9. The fraction of sp³-hybridized carbons (Fsp3) is 0.400. The Hall–Kier alpha value is -1.12. The number of phenols is 1. The van der Waals surface area contributed by atoms with Gasteiger partial charge in [-0.25, -0.2) is 8.78 Å². The van der Waals surface area contributed by atoms with Crippen LogP contribution in [0.5, 0.6) is 5.75 Å². The Balaban J connectivity index is 3.41. The summed E-state index contributed by atoms with van der Waals surface area (Å²) >= 11 is 0. The Morgan fingerprint density at radius 3 is 2.31 bits per heavy atom. The molecule has 0 spiro atoms. The van der Waals surface area contributed by atoms with E-state index in [0.29, 0.717) is 11.1 Å². The monoisotopic (exact) mass is 186 g/mol. The number of benzene rings is 1. The maximum Gasteiger partial charge on any atom is 0.188 e. The van der Waals surface area contributed by atoms with Gasteiger partial charge in [0.2, 0.25) is 0 Å². The Kier molecular flexibility index (Phi) is 2.55. The molecule has 3 heteroatoms. The van der Waals surface area contributed by atoms with Crippen LogP contribution in [-0.2, 0) is 0 Å². The third-order valence-corrected chi connectivity index (χ3v) is 2.10. The van der Waals surface area contributed by atoms with Crippen LogP contribution < -0.4 is 0 Å². The first kappa shape index (κ1) is 9.96. The van der Waals surface area contributed by atoms with Crippen LogP contribution >= 0.6 is 0 Å². The highest BCUT2D eigenvalue weighted by atomic mass is 19.1. The maximum absolute atomic E-state index is 13.1. The molecule has 0 aliphatic rings. The summed E-state index contributed by atoms with van der Waals surface area (Å²) in [7, 11) is 0. The van der Waals surface area contributed by atoms with E-state index in [1.165, 1.54) is 13.0 Å². The second kappa shape index (κ2) is 3.32. The van der Waals surface area contributed by atoms with Crippen molar-refractivity contribution in [3.05, 3.63) is 28.8 Å². The average Bonchev–Trinajstić information content (AvgIpc) is 2.07. The molecule has 72 valence electrons. The predicted molar refractivity (Wildman–Crippen MR) is 46.8 cm³/mol. The summed E-state index contributed by atoms with van der Waals surface area (Å²) < 4.78 is 26.0. The molecule has 0 radical (unpaired) electrons. The Labute approximate surface area is 76.0 Å². The van der Waals surface area contributed by atoms with Gasteiger partial charge in [0.05, 0.1) is 0 Å². The molecule has 13 heavy (non-hydrogen) atoms. The van der Waals surface area contributed by atoms with Crippen molar-refractivity contribution in [1.82, 2.24) is 0 Å². The van der Waals surface area contributed by atoms with E-state index in [4.69, 9.17) is 5.11 Å². The fourth-order valence-corrected chi connectivity index (χ4v) is 1.32. The van der Waals surface area contributed by atoms with Crippen LogP contribution in [0.1, 0.15) is 30.9 Å². The molecule has 0 unspecified atom stereocenters. The minimum absolute atomic E-state index is 0.0459. The van der Waals surface area contributed by atoms with Crippen molar-refractivity contribution < 1.29 is 13.9 Å². The Morgan fingerprint density at radius 1 is 1.31 bits per heavy atom. The third-order valence-electron chi connectivity index (χ3n) is 2.10. The van der Waals surface area contributed by atoms with Crippen molar-refractivity contribution in [3.8, 4) is 5.75 Å². The van der Waals surface area contributed by atoms with Gasteiger partial charge >= 0.3 is 0 Å². The van der Waals surface area contributed by atoms with E-state index >= 15 is 0 Å². The highest BCUT2D eigenvalue weighted by Crippen LogP contribution is 2.29. The molecule has 0 saturated heterocycles. The molecular formula is C10H12F2O. The minimum atomic E-state index is -0.896. The summed E-state index contributed by atoms with van der Waals surface area (Å²) in [5.41, 5.74) is 0.904. The quantitative estimate of drug-likeness (QED) is 0.714. The smallest absolute Gasteiger partial charge is 0.188 e. The summed E-state index contributed by atoms with van der Waals surface area (Å²) in [6, 6.07) is 1.18. The maximum atomic E-state index is 13.1. The van der Waals surface area contributed by atoms with E-state index in [1.807, 2.05) is 13.8 Å². The first-order chi connectivity index (χ1) is 5.95. The average molecular weight is 186 g/mol. The largest absolute Gasteiger partial charge is 0.503 e. The van der Waals surface area contributed by atoms with Crippen LogP contribution in [0.2, 0.25) is 0 Å². The van der Waals surface area contributed by atoms with Crippen LogP contribution in [0, 0.1) is 18.6 Å². The molecule has 0 heterocycles. The second-order valence-corrected chi connectivity index (χ2v) is 3.39. The highest BCUT2D eigenvalue weighted by molar-refractivity contribution is 5.38. The molecule has 1 rings (SSSR count). The van der Waals surface area contributed by atoms with Gasteiger partial charge in [-0.1, -0.05) is 13.8 Å². The fourth-order valence-electron chi connectivity index (χ4n) is 1.32. The SMILES string of the molecule is Cc1c(C(C)C)cc(F)c(O)c1F. The molecule has 0 fully saturated rings. The van der Waals surface area contributed by atoms with Crippen LogP contribution in [0.4, 0.5) is 8.78 Å². The molecule has 0 bridgehead atoms. The first-order valence-electron chi connectivity index (χ1n) is 4.12. The summed E-state index contributed by atoms with van der Waals surface area (Å²) in [5, 5.41) is 8.94. The van der Waals surface area contributed by atoms with Crippen LogP contribution in [0.3, 0.4) is 0 Å². The number of halogens is 2. The van der Waals surface area contributed by atoms with Gasteiger partial charge in [0.15, 0.2) is 17.4 Å². The summed E-state index contributed by atoms with van der Waals surface area (Å²) in [6.07, 6.45) is 0. The van der Waals surface area contributed by atoms with Gasteiger partial charge in [0, 0.05) is 0 Å². The molecular weight excluding hydrogens is 174 g/mol. The number of rotatable bonds is 1. The molecule has 0 saturated carbocycles. The van der Waals surface area contributed by atoms with Gasteiger partial charge in [-0.3, -0.25) is 0 Å². The summed E-state index contributed by atoms with van der Waals surface area (Å²) in [6.45, 7) is 5.22. The zero-order chi connectivity index (χ0) is 10.2. The van der Waals surface area contributed by atoms with Gasteiger partial charge in [-0.2, -0.15) is 0 Å². The Bertz CT molecular complexity index is 332. The van der Waals surface area contributed by atoms with Crippen molar-refractivity contribution in [1.29, 1.82) is 0 Å². The van der Waals surface area contributed by atoms with Gasteiger partial charge in [0.25, 0.3) is 0 Å². The summed E-state index contributed by atoms with van der Waals surface area (Å²) in [4.78, 5) is 0. The zero-order valence-corrected chi connectivity index (χ0v) is 7.86. The van der Waals surface area contributed by atoms with Gasteiger partial charge in [0.1, 0.15) is 0 Å². The standard InChI is InChI=1S/C10H12F2O/c1-5(2)7-4-8(11)10(13)9(12)6(7)3/h4-5,13H,1-3H3. The van der Waals surface area contributed by atoms with E-state index in [0.717, 1.165) is 0 Å². The molecule has 0 aliphatic carbocycles. The lowest BCUT2D eigenvalue weighted by atomic mass is 9.97. The minimum Gasteiger partial charge on any atom is -0.503 e. The predicted octanol–water partition coefficient (Wildman–Crippen LogP) is 3.10. The third kappa shape index (κ3) is 1.64. The first-order valence-corrected chi connectivity index (χ1v) is 4.12. The zero-order valence-electron chi connectivity index (χ0n) is 7.86. The molecule has 1 nitrogen and oxygen atoms in total. The van der Waals surface area contributed by atoms with Gasteiger partial charge in [-0.05, 0) is 30.0 Å². The number of hydrogen-bond acceptors (Lipinski definition) is 1. The second-order valence-electron chi connectivity index (χ2n) is 3.39. The van der Waals surface area contributed by atoms with Crippen LogP contribution in [0.25, 0.3) is 0 Å². The van der Waals surface area contributed by atoms with Crippen molar-refractivity contribution in [2.45, 2.75) is 26.7 Å². The molecule has 1 N–H and O–H groups in total. The highest BCUT2D eigenvalue weighted by Gasteiger charge is 2.16. The van der Waals surface area contributed by atoms with E-state index in [2.05, 4.69) is 0 Å². The topological polar surface area (TPSA) is 20.2 Å². The van der Waals surface area contributed by atoms with Crippen molar-refractivity contribution in [3.63, 3.8) is 0 Å². The molecule has 0 aromatic heterocycles. The number of hydrogen-bond donors (Lipinski definition) is 1. The van der Waals surface area contributed by atoms with E-state index in [9.17, 15) is 8.78 Å². The molecule has 0 amide bonds. The lowest BCUT2D eigenvalue weighted by Crippen LogP contribution is -1.98. The Morgan fingerprint density at radius 2 is 1.85 bits per heavy atom. The van der Waals surface area contributed by atoms with E-state index in [1.54, 1.807) is 0 Å². The van der Waals surface area contributed by atoms with Gasteiger partial charge in [-0.15, -0.1) is 0 Å². The van der Waals surface area contributed by atoms with Crippen molar-refractivity contribution >= 4 is 0 Å². The van der Waals surface area contributed by atoms with Crippen LogP contribution in [0.15, 0.2) is 6.07 Å². The molecule has 1 aromatic rings. The number of phenolic OH excluding ortho intramolecular Hbond substituents is 1. The lowest BCUT2D eigenvalue weighted by Gasteiger charge is -2.11. The van der Waals surface area contributed by atoms with E-state index < -0.39 is 17.4 Å². The van der Waals surface area contributed by atoms with Crippen LogP contribution in [-0.4, -0.2) is 5.11 Å². The molecule has 1 aromatic carbocycles. The molecule has 0 aliphatic heterocycles. The van der Waals surface area contributed by atoms with Crippen molar-refractivity contribution in [2.24, 2.45) is 0 Å². The van der Waals surface area contributed by atoms with Gasteiger partial charge < -0.3 is 5.11 Å².